The average molecular weight is 452 g/mol. The summed E-state index contributed by atoms with van der Waals surface area (Å²) in [5.74, 6) is 2.81. The van der Waals surface area contributed by atoms with E-state index in [1.165, 1.54) is 24.9 Å². The summed E-state index contributed by atoms with van der Waals surface area (Å²) in [6, 6.07) is 14.2. The Bertz CT molecular complexity index is 1340. The van der Waals surface area contributed by atoms with Crippen LogP contribution in [-0.2, 0) is 5.41 Å². The summed E-state index contributed by atoms with van der Waals surface area (Å²) >= 11 is 0. The summed E-state index contributed by atoms with van der Waals surface area (Å²) in [7, 11) is 0. The average Bonchev–Trinajstić information content (AvgIpc) is 3.18. The Morgan fingerprint density at radius 2 is 1.79 bits per heavy atom. The van der Waals surface area contributed by atoms with Gasteiger partial charge in [0.25, 0.3) is 0 Å². The molecule has 1 N–H and O–H groups in total. The molecule has 4 nitrogen and oxygen atoms in total. The largest absolute Gasteiger partial charge is 0.368 e. The number of piperazine rings is 1. The van der Waals surface area contributed by atoms with E-state index in [9.17, 15) is 4.79 Å². The van der Waals surface area contributed by atoms with Crippen molar-refractivity contribution in [2.45, 2.75) is 70.5 Å². The Morgan fingerprint density at radius 1 is 1.06 bits per heavy atom. The Labute approximate surface area is 202 Å². The molecule has 1 aliphatic heterocycles. The van der Waals surface area contributed by atoms with Crippen molar-refractivity contribution in [3.8, 4) is 12.3 Å². The molecule has 1 saturated heterocycles. The highest BCUT2D eigenvalue weighted by Gasteiger charge is 2.41. The highest BCUT2D eigenvalue weighted by molar-refractivity contribution is 6.20. The Hall–Kier alpha value is -3.03. The van der Waals surface area contributed by atoms with Crippen LogP contribution in [0, 0.1) is 12.3 Å². The van der Waals surface area contributed by atoms with Gasteiger partial charge in [0, 0.05) is 70.0 Å². The van der Waals surface area contributed by atoms with Crippen molar-refractivity contribution in [2.24, 2.45) is 0 Å². The van der Waals surface area contributed by atoms with Crippen LogP contribution in [0.2, 0.25) is 0 Å². The van der Waals surface area contributed by atoms with Crippen LogP contribution < -0.4 is 4.90 Å². The third-order valence-electron chi connectivity index (χ3n) is 8.59. The van der Waals surface area contributed by atoms with Crippen molar-refractivity contribution < 1.29 is 4.79 Å². The van der Waals surface area contributed by atoms with Gasteiger partial charge in [-0.05, 0) is 62.6 Å². The van der Waals surface area contributed by atoms with Crippen LogP contribution in [0.4, 0.5) is 5.69 Å². The molecule has 1 saturated carbocycles. The molecule has 3 aliphatic rings. The molecular weight excluding hydrogens is 418 g/mol. The highest BCUT2D eigenvalue weighted by Crippen LogP contribution is 2.45. The molecule has 2 fully saturated rings. The van der Waals surface area contributed by atoms with E-state index in [1.54, 1.807) is 0 Å². The topological polar surface area (TPSA) is 39.3 Å². The standard InChI is InChI=1S/C30H33N3O/c1-6-20-10-12-24-26(14-20)31-29-27(24)28(34)23-13-11-22(15-25(23)30(29,4)5)32-16-18(2)33(19(3)17-32)21-8-7-9-21/h1,10-15,18-19,21,31H,7-9,16-17H2,2-5H3. The number of hydrogen-bond donors (Lipinski definition) is 1. The number of aromatic nitrogens is 1. The molecule has 2 aliphatic carbocycles. The second kappa shape index (κ2) is 7.48. The van der Waals surface area contributed by atoms with E-state index in [0.717, 1.165) is 58.0 Å². The molecular formula is C30H33N3O. The number of fused-ring (bicyclic) bond motifs is 4. The molecule has 2 aromatic carbocycles. The smallest absolute Gasteiger partial charge is 0.195 e. The lowest BCUT2D eigenvalue weighted by atomic mass is 9.71. The summed E-state index contributed by atoms with van der Waals surface area (Å²) in [4.78, 5) is 22.5. The Balaban J connectivity index is 1.38. The van der Waals surface area contributed by atoms with E-state index in [-0.39, 0.29) is 11.2 Å². The van der Waals surface area contributed by atoms with Crippen molar-refractivity contribution in [2.75, 3.05) is 18.0 Å². The van der Waals surface area contributed by atoms with Gasteiger partial charge in [0.2, 0.25) is 0 Å². The quantitative estimate of drug-likeness (QED) is 0.525. The predicted molar refractivity (Wildman–Crippen MR) is 139 cm³/mol. The van der Waals surface area contributed by atoms with Crippen LogP contribution in [0.1, 0.15) is 79.7 Å². The van der Waals surface area contributed by atoms with Gasteiger partial charge in [0.15, 0.2) is 5.78 Å². The van der Waals surface area contributed by atoms with Gasteiger partial charge < -0.3 is 9.88 Å². The van der Waals surface area contributed by atoms with Crippen molar-refractivity contribution in [3.05, 3.63) is 64.3 Å². The maximum absolute atomic E-state index is 13.7. The first-order valence-electron chi connectivity index (χ1n) is 12.6. The van der Waals surface area contributed by atoms with Gasteiger partial charge >= 0.3 is 0 Å². The SMILES string of the molecule is C#Cc1ccc2c3c([nH]c2c1)C(C)(C)c1cc(N2CC(C)N(C4CCC4)C(C)C2)ccc1C3=O. The van der Waals surface area contributed by atoms with Crippen molar-refractivity contribution in [1.29, 1.82) is 0 Å². The first-order chi connectivity index (χ1) is 16.3. The molecule has 0 spiro atoms. The zero-order valence-electron chi connectivity index (χ0n) is 20.6. The predicted octanol–water partition coefficient (Wildman–Crippen LogP) is 5.47. The third-order valence-corrected chi connectivity index (χ3v) is 8.59. The number of aromatic amines is 1. The van der Waals surface area contributed by atoms with Gasteiger partial charge in [-0.25, -0.2) is 0 Å². The van der Waals surface area contributed by atoms with Crippen LogP contribution in [-0.4, -0.2) is 46.9 Å². The molecule has 1 aromatic heterocycles. The lowest BCUT2D eigenvalue weighted by Crippen LogP contribution is -2.61. The van der Waals surface area contributed by atoms with Crippen LogP contribution >= 0.6 is 0 Å². The maximum Gasteiger partial charge on any atom is 0.195 e. The number of ketones is 1. The van der Waals surface area contributed by atoms with Crippen LogP contribution in [0.25, 0.3) is 10.9 Å². The minimum Gasteiger partial charge on any atom is -0.368 e. The molecule has 0 radical (unpaired) electrons. The number of rotatable bonds is 2. The van der Waals surface area contributed by atoms with E-state index in [2.05, 4.69) is 66.6 Å². The van der Waals surface area contributed by atoms with Gasteiger partial charge in [0.1, 0.15) is 0 Å². The first-order valence-corrected chi connectivity index (χ1v) is 12.6. The van der Waals surface area contributed by atoms with Gasteiger partial charge in [-0.3, -0.25) is 9.69 Å². The lowest BCUT2D eigenvalue weighted by molar-refractivity contribution is 0.0374. The van der Waals surface area contributed by atoms with E-state index in [1.807, 2.05) is 18.2 Å². The van der Waals surface area contributed by atoms with Crippen LogP contribution in [0.15, 0.2) is 36.4 Å². The second-order valence-electron chi connectivity index (χ2n) is 11.1. The number of benzene rings is 2. The molecule has 2 atom stereocenters. The number of carbonyl (C=O) groups excluding carboxylic acids is 1. The number of hydrogen-bond acceptors (Lipinski definition) is 3. The van der Waals surface area contributed by atoms with Crippen molar-refractivity contribution in [1.82, 2.24) is 9.88 Å². The van der Waals surface area contributed by atoms with Gasteiger partial charge in [-0.1, -0.05) is 32.3 Å². The summed E-state index contributed by atoms with van der Waals surface area (Å²) in [5.41, 5.74) is 6.37. The van der Waals surface area contributed by atoms with E-state index < -0.39 is 0 Å². The minimum atomic E-state index is -0.311. The van der Waals surface area contributed by atoms with Gasteiger partial charge in [0.05, 0.1) is 5.56 Å². The highest BCUT2D eigenvalue weighted by atomic mass is 16.1. The van der Waals surface area contributed by atoms with Gasteiger partial charge in [-0.15, -0.1) is 6.42 Å². The van der Waals surface area contributed by atoms with E-state index in [0.29, 0.717) is 12.1 Å². The minimum absolute atomic E-state index is 0.104. The fraction of sp³-hybridized carbons (Fsp3) is 0.433. The monoisotopic (exact) mass is 451 g/mol. The Morgan fingerprint density at radius 3 is 2.44 bits per heavy atom. The first kappa shape index (κ1) is 21.5. The number of nitrogens with one attached hydrogen (secondary N) is 1. The number of H-pyrrole nitrogens is 1. The van der Waals surface area contributed by atoms with Crippen molar-refractivity contribution >= 4 is 22.4 Å². The van der Waals surface area contributed by atoms with Crippen LogP contribution in [0.3, 0.4) is 0 Å². The molecule has 174 valence electrons. The maximum atomic E-state index is 13.7. The number of carbonyl (C=O) groups is 1. The Kier molecular flexibility index (Phi) is 4.73. The lowest BCUT2D eigenvalue weighted by Gasteiger charge is -2.51. The normalized spacial score (nSPS) is 24.4. The van der Waals surface area contributed by atoms with Gasteiger partial charge in [-0.2, -0.15) is 0 Å². The molecule has 4 heteroatoms. The molecule has 2 heterocycles. The third kappa shape index (κ3) is 3.00. The number of anilines is 1. The zero-order valence-corrected chi connectivity index (χ0v) is 20.6. The summed E-state index contributed by atoms with van der Waals surface area (Å²) < 4.78 is 0. The molecule has 0 amide bonds. The van der Waals surface area contributed by atoms with E-state index in [4.69, 9.17) is 6.42 Å². The molecule has 0 bridgehead atoms. The van der Waals surface area contributed by atoms with E-state index >= 15 is 0 Å². The fourth-order valence-electron chi connectivity index (χ4n) is 6.66. The molecule has 34 heavy (non-hydrogen) atoms. The second-order valence-corrected chi connectivity index (χ2v) is 11.1. The summed E-state index contributed by atoms with van der Waals surface area (Å²) in [6.07, 6.45) is 9.68. The molecule has 2 unspecified atom stereocenters. The number of terminal acetylenes is 1. The molecule has 6 rings (SSSR count). The van der Waals surface area contributed by atoms with Crippen LogP contribution in [0.5, 0.6) is 0 Å². The zero-order chi connectivity index (χ0) is 23.8. The summed E-state index contributed by atoms with van der Waals surface area (Å²) in [6.45, 7) is 11.2. The summed E-state index contributed by atoms with van der Waals surface area (Å²) in [5, 5.41) is 0.955. The number of nitrogens with zero attached hydrogens (tertiary/aromatic N) is 2. The molecule has 3 aromatic rings. The fourth-order valence-corrected chi connectivity index (χ4v) is 6.66. The van der Waals surface area contributed by atoms with Crippen molar-refractivity contribution in [3.63, 3.8) is 0 Å².